The molecule has 0 spiro atoms. The number of benzene rings is 5. The van der Waals surface area contributed by atoms with Gasteiger partial charge in [0.1, 0.15) is 0 Å². The van der Waals surface area contributed by atoms with Crippen molar-refractivity contribution < 1.29 is 9.31 Å². The third-order valence-corrected chi connectivity index (χ3v) is 9.28. The highest BCUT2D eigenvalue weighted by atomic mass is 32.1. The molecule has 0 saturated carbocycles. The molecule has 6 aromatic rings. The predicted molar refractivity (Wildman–Crippen MR) is 155 cm³/mol. The van der Waals surface area contributed by atoms with Crippen molar-refractivity contribution in [3.63, 3.8) is 0 Å². The smallest absolute Gasteiger partial charge is 0.399 e. The zero-order chi connectivity index (χ0) is 24.7. The van der Waals surface area contributed by atoms with Crippen LogP contribution in [0, 0.1) is 0 Å². The van der Waals surface area contributed by atoms with Crippen molar-refractivity contribution >= 4 is 65.6 Å². The average Bonchev–Trinajstić information content (AvgIpc) is 3.38. The molecule has 0 amide bonds. The van der Waals surface area contributed by atoms with E-state index in [2.05, 4.69) is 119 Å². The molecule has 0 N–H and O–H groups in total. The van der Waals surface area contributed by atoms with Gasteiger partial charge in [0.15, 0.2) is 0 Å². The Morgan fingerprint density at radius 2 is 1.22 bits per heavy atom. The second-order valence-electron chi connectivity index (χ2n) is 10.8. The van der Waals surface area contributed by atoms with E-state index in [1.165, 1.54) is 52.8 Å². The average molecular weight is 486 g/mol. The summed E-state index contributed by atoms with van der Waals surface area (Å²) in [4.78, 5) is 0. The lowest BCUT2D eigenvalue weighted by atomic mass is 9.77. The van der Waals surface area contributed by atoms with Gasteiger partial charge in [-0.3, -0.25) is 0 Å². The molecule has 176 valence electrons. The van der Waals surface area contributed by atoms with Crippen LogP contribution in [0.15, 0.2) is 91.0 Å². The predicted octanol–water partition coefficient (Wildman–Crippen LogP) is 8.33. The molecular weight excluding hydrogens is 459 g/mol. The first-order valence-electron chi connectivity index (χ1n) is 12.5. The van der Waals surface area contributed by atoms with Crippen LogP contribution in [0.25, 0.3) is 52.8 Å². The van der Waals surface area contributed by atoms with Crippen LogP contribution in [0.2, 0.25) is 0 Å². The summed E-state index contributed by atoms with van der Waals surface area (Å²) in [6.45, 7) is 8.41. The fourth-order valence-corrected chi connectivity index (χ4v) is 6.80. The Hall–Kier alpha value is -3.18. The molecule has 4 heteroatoms. The maximum Gasteiger partial charge on any atom is 0.494 e. The molecule has 0 atom stereocenters. The normalized spacial score (nSPS) is 17.1. The molecule has 0 aliphatic carbocycles. The van der Waals surface area contributed by atoms with E-state index >= 15 is 0 Å². The van der Waals surface area contributed by atoms with Gasteiger partial charge in [-0.2, -0.15) is 0 Å². The van der Waals surface area contributed by atoms with E-state index in [0.717, 1.165) is 5.46 Å². The Bertz CT molecular complexity index is 1800. The van der Waals surface area contributed by atoms with Crippen LogP contribution in [0.4, 0.5) is 0 Å². The highest BCUT2D eigenvalue weighted by Gasteiger charge is 2.51. The lowest BCUT2D eigenvalue weighted by molar-refractivity contribution is 0.00578. The van der Waals surface area contributed by atoms with Crippen molar-refractivity contribution in [3.8, 4) is 11.1 Å². The van der Waals surface area contributed by atoms with Crippen LogP contribution in [-0.4, -0.2) is 18.3 Å². The number of fused-ring (bicyclic) bond motifs is 8. The highest BCUT2D eigenvalue weighted by molar-refractivity contribution is 7.27. The second-order valence-corrected chi connectivity index (χ2v) is 11.8. The number of thiophene rings is 1. The van der Waals surface area contributed by atoms with Gasteiger partial charge in [-0.25, -0.2) is 0 Å². The van der Waals surface area contributed by atoms with Crippen molar-refractivity contribution in [3.05, 3.63) is 91.0 Å². The summed E-state index contributed by atoms with van der Waals surface area (Å²) in [6.07, 6.45) is 0. The molecular formula is C32H27BO2S. The van der Waals surface area contributed by atoms with Crippen LogP contribution in [-0.2, 0) is 9.31 Å². The quantitative estimate of drug-likeness (QED) is 0.181. The molecule has 1 saturated heterocycles. The van der Waals surface area contributed by atoms with E-state index in [0.29, 0.717) is 0 Å². The zero-order valence-corrected chi connectivity index (χ0v) is 21.8. The van der Waals surface area contributed by atoms with E-state index in [-0.39, 0.29) is 18.3 Å². The van der Waals surface area contributed by atoms with E-state index < -0.39 is 0 Å². The fraction of sp³-hybridized carbons (Fsp3) is 0.188. The Balaban J connectivity index is 1.50. The summed E-state index contributed by atoms with van der Waals surface area (Å²) in [6, 6.07) is 33.0. The van der Waals surface area contributed by atoms with Gasteiger partial charge in [0.25, 0.3) is 0 Å². The molecule has 36 heavy (non-hydrogen) atoms. The van der Waals surface area contributed by atoms with Gasteiger partial charge in [-0.15, -0.1) is 11.3 Å². The molecule has 0 radical (unpaired) electrons. The first-order valence-corrected chi connectivity index (χ1v) is 13.4. The lowest BCUT2D eigenvalue weighted by Gasteiger charge is -2.32. The maximum atomic E-state index is 6.37. The molecule has 7 rings (SSSR count). The first kappa shape index (κ1) is 22.1. The topological polar surface area (TPSA) is 18.5 Å². The minimum Gasteiger partial charge on any atom is -0.399 e. The van der Waals surface area contributed by atoms with Crippen LogP contribution in [0.1, 0.15) is 27.7 Å². The molecule has 2 nitrogen and oxygen atoms in total. The summed E-state index contributed by atoms with van der Waals surface area (Å²) >= 11 is 1.89. The van der Waals surface area contributed by atoms with Crippen LogP contribution < -0.4 is 5.46 Å². The minimum absolute atomic E-state index is 0.364. The van der Waals surface area contributed by atoms with E-state index in [1.807, 2.05) is 11.3 Å². The van der Waals surface area contributed by atoms with Crippen molar-refractivity contribution in [2.24, 2.45) is 0 Å². The van der Waals surface area contributed by atoms with E-state index in [4.69, 9.17) is 9.31 Å². The van der Waals surface area contributed by atoms with Crippen LogP contribution in [0.5, 0.6) is 0 Å². The first-order chi connectivity index (χ1) is 17.3. The summed E-state index contributed by atoms with van der Waals surface area (Å²) in [5.41, 5.74) is 2.76. The molecule has 2 heterocycles. The van der Waals surface area contributed by atoms with Gasteiger partial charge in [0.05, 0.1) is 11.2 Å². The Morgan fingerprint density at radius 1 is 0.611 bits per heavy atom. The molecule has 1 fully saturated rings. The summed E-state index contributed by atoms with van der Waals surface area (Å²) in [5.74, 6) is 0. The minimum atomic E-state index is -0.377. The summed E-state index contributed by atoms with van der Waals surface area (Å²) in [7, 11) is -0.377. The molecule has 0 bridgehead atoms. The largest absolute Gasteiger partial charge is 0.494 e. The third kappa shape index (κ3) is 3.11. The molecule has 0 unspecified atom stereocenters. The van der Waals surface area contributed by atoms with Crippen LogP contribution in [0.3, 0.4) is 0 Å². The molecule has 1 aliphatic rings. The van der Waals surface area contributed by atoms with Crippen LogP contribution >= 0.6 is 11.3 Å². The SMILES string of the molecule is CC1(C)OB(c2cccc(-c3cccc4sc5c6ccccc6c6ccccc6c5c34)c2)OC1(C)C. The summed E-state index contributed by atoms with van der Waals surface area (Å²) < 4.78 is 15.4. The standard InChI is InChI=1S/C32H27BO2S/c1-31(2)32(3,4)35-33(34-31)21-12-9-11-20(19-21)22-17-10-18-27-28(22)29-25-15-7-5-13-23(25)24-14-6-8-16-26(24)30(29)36-27/h5-19H,1-4H3. The second kappa shape index (κ2) is 7.66. The van der Waals surface area contributed by atoms with Gasteiger partial charge >= 0.3 is 7.12 Å². The van der Waals surface area contributed by atoms with Crippen molar-refractivity contribution in [1.29, 1.82) is 0 Å². The van der Waals surface area contributed by atoms with E-state index in [1.54, 1.807) is 0 Å². The van der Waals surface area contributed by atoms with Crippen molar-refractivity contribution in [2.75, 3.05) is 0 Å². The lowest BCUT2D eigenvalue weighted by Crippen LogP contribution is -2.41. The molecule has 1 aromatic heterocycles. The summed E-state index contributed by atoms with van der Waals surface area (Å²) in [5, 5.41) is 7.93. The van der Waals surface area contributed by atoms with Crippen molar-refractivity contribution in [1.82, 2.24) is 0 Å². The van der Waals surface area contributed by atoms with Gasteiger partial charge in [-0.05, 0) is 66.5 Å². The Morgan fingerprint density at radius 3 is 1.94 bits per heavy atom. The number of hydrogen-bond acceptors (Lipinski definition) is 3. The Labute approximate surface area is 215 Å². The van der Waals surface area contributed by atoms with Gasteiger partial charge in [0, 0.05) is 25.6 Å². The highest BCUT2D eigenvalue weighted by Crippen LogP contribution is 2.47. The molecule has 5 aromatic carbocycles. The number of rotatable bonds is 2. The van der Waals surface area contributed by atoms with Gasteiger partial charge in [0.2, 0.25) is 0 Å². The maximum absolute atomic E-state index is 6.37. The van der Waals surface area contributed by atoms with E-state index in [9.17, 15) is 0 Å². The molecule has 1 aliphatic heterocycles. The fourth-order valence-electron chi connectivity index (χ4n) is 5.52. The Kier molecular flexibility index (Phi) is 4.69. The van der Waals surface area contributed by atoms with Gasteiger partial charge in [-0.1, -0.05) is 84.9 Å². The van der Waals surface area contributed by atoms with Crippen molar-refractivity contribution in [2.45, 2.75) is 38.9 Å². The van der Waals surface area contributed by atoms with Gasteiger partial charge < -0.3 is 9.31 Å². The zero-order valence-electron chi connectivity index (χ0n) is 21.0. The monoisotopic (exact) mass is 486 g/mol. The number of hydrogen-bond donors (Lipinski definition) is 0. The third-order valence-electron chi connectivity index (χ3n) is 8.10.